The summed E-state index contributed by atoms with van der Waals surface area (Å²) in [4.78, 5) is 0. The quantitative estimate of drug-likeness (QED) is 0.838. The smallest absolute Gasteiger partial charge is 0.419 e. The van der Waals surface area contributed by atoms with Crippen molar-refractivity contribution in [3.8, 4) is 5.75 Å². The highest BCUT2D eigenvalue weighted by Crippen LogP contribution is 2.37. The molecule has 0 radical (unpaired) electrons. The van der Waals surface area contributed by atoms with Crippen molar-refractivity contribution in [1.82, 2.24) is 0 Å². The Hall–Kier alpha value is -1.27. The first-order valence-corrected chi connectivity index (χ1v) is 4.51. The minimum atomic E-state index is -4.47. The van der Waals surface area contributed by atoms with Crippen LogP contribution in [0.2, 0.25) is 0 Å². The van der Waals surface area contributed by atoms with Crippen molar-refractivity contribution in [2.24, 2.45) is 5.73 Å². The molecular weight excluding hydrogens is 223 g/mol. The summed E-state index contributed by atoms with van der Waals surface area (Å²) >= 11 is 0. The Balaban J connectivity index is 3.17. The first kappa shape index (κ1) is 12.8. The molecule has 0 aliphatic carbocycles. The zero-order valence-corrected chi connectivity index (χ0v) is 8.58. The summed E-state index contributed by atoms with van der Waals surface area (Å²) in [6.07, 6.45) is -4.47. The number of methoxy groups -OCH3 is 1. The van der Waals surface area contributed by atoms with Crippen molar-refractivity contribution >= 4 is 0 Å². The van der Waals surface area contributed by atoms with Gasteiger partial charge in [-0.2, -0.15) is 13.2 Å². The van der Waals surface area contributed by atoms with Crippen molar-refractivity contribution in [1.29, 1.82) is 0 Å². The number of hydrogen-bond donors (Lipinski definition) is 2. The third-order valence-electron chi connectivity index (χ3n) is 2.16. The molecule has 0 fully saturated rings. The molecule has 0 spiro atoms. The van der Waals surface area contributed by atoms with Crippen LogP contribution in [0.25, 0.3) is 0 Å². The van der Waals surface area contributed by atoms with Crippen LogP contribution in [0.3, 0.4) is 0 Å². The number of ether oxygens (including phenoxy) is 1. The summed E-state index contributed by atoms with van der Waals surface area (Å²) in [6.45, 7) is -0.339. The van der Waals surface area contributed by atoms with Crippen LogP contribution in [0.5, 0.6) is 5.75 Å². The second kappa shape index (κ2) is 4.71. The summed E-state index contributed by atoms with van der Waals surface area (Å²) < 4.78 is 42.1. The van der Waals surface area contributed by atoms with E-state index >= 15 is 0 Å². The standard InChI is InChI=1S/C10H12F3NO2/c1-16-9-4-6(8(14)5-15)2-3-7(9)10(11,12)13/h2-4,8,15H,5,14H2,1H3. The largest absolute Gasteiger partial charge is 0.496 e. The average Bonchev–Trinajstić information content (AvgIpc) is 2.25. The zero-order chi connectivity index (χ0) is 12.3. The Bertz CT molecular complexity index is 366. The van der Waals surface area contributed by atoms with Crippen LogP contribution >= 0.6 is 0 Å². The lowest BCUT2D eigenvalue weighted by Gasteiger charge is -2.15. The van der Waals surface area contributed by atoms with Gasteiger partial charge in [0.05, 0.1) is 25.3 Å². The molecule has 3 N–H and O–H groups in total. The molecule has 1 aromatic carbocycles. The van der Waals surface area contributed by atoms with Crippen LogP contribution in [-0.4, -0.2) is 18.8 Å². The van der Waals surface area contributed by atoms with E-state index in [4.69, 9.17) is 10.8 Å². The molecule has 0 amide bonds. The molecule has 1 atom stereocenters. The van der Waals surface area contributed by atoms with E-state index < -0.39 is 17.8 Å². The molecule has 0 heterocycles. The second-order valence-electron chi connectivity index (χ2n) is 3.25. The molecule has 0 bridgehead atoms. The molecule has 0 aliphatic heterocycles. The van der Waals surface area contributed by atoms with Gasteiger partial charge in [-0.25, -0.2) is 0 Å². The molecule has 6 heteroatoms. The molecule has 90 valence electrons. The number of aliphatic hydroxyl groups is 1. The highest BCUT2D eigenvalue weighted by atomic mass is 19.4. The minimum absolute atomic E-state index is 0.297. The topological polar surface area (TPSA) is 55.5 Å². The molecule has 1 unspecified atom stereocenters. The van der Waals surface area contributed by atoms with Crippen LogP contribution < -0.4 is 10.5 Å². The zero-order valence-electron chi connectivity index (χ0n) is 8.58. The summed E-state index contributed by atoms with van der Waals surface area (Å²) in [5, 5.41) is 8.79. The van der Waals surface area contributed by atoms with Crippen molar-refractivity contribution in [2.45, 2.75) is 12.2 Å². The maximum absolute atomic E-state index is 12.5. The van der Waals surface area contributed by atoms with E-state index in [0.29, 0.717) is 5.56 Å². The van der Waals surface area contributed by atoms with E-state index in [1.54, 1.807) is 0 Å². The highest BCUT2D eigenvalue weighted by Gasteiger charge is 2.34. The molecule has 0 saturated carbocycles. The van der Waals surface area contributed by atoms with Crippen molar-refractivity contribution < 1.29 is 23.0 Å². The Morgan fingerprint density at radius 3 is 2.50 bits per heavy atom. The lowest BCUT2D eigenvalue weighted by molar-refractivity contribution is -0.138. The van der Waals surface area contributed by atoms with Gasteiger partial charge in [-0.05, 0) is 17.7 Å². The Morgan fingerprint density at radius 1 is 1.44 bits per heavy atom. The first-order valence-electron chi connectivity index (χ1n) is 4.51. The van der Waals surface area contributed by atoms with E-state index in [1.165, 1.54) is 12.1 Å². The van der Waals surface area contributed by atoms with Crippen LogP contribution in [0.15, 0.2) is 18.2 Å². The summed E-state index contributed by atoms with van der Waals surface area (Å²) in [6, 6.07) is 2.59. The molecule has 1 aromatic rings. The van der Waals surface area contributed by atoms with Gasteiger partial charge in [-0.15, -0.1) is 0 Å². The second-order valence-corrected chi connectivity index (χ2v) is 3.25. The van der Waals surface area contributed by atoms with Crippen LogP contribution in [0.1, 0.15) is 17.2 Å². The number of nitrogens with two attached hydrogens (primary N) is 1. The first-order chi connectivity index (χ1) is 7.40. The van der Waals surface area contributed by atoms with Gasteiger partial charge in [0.15, 0.2) is 0 Å². The Morgan fingerprint density at radius 2 is 2.06 bits per heavy atom. The molecule has 3 nitrogen and oxygen atoms in total. The maximum Gasteiger partial charge on any atom is 0.419 e. The van der Waals surface area contributed by atoms with Crippen LogP contribution in [-0.2, 0) is 6.18 Å². The molecular formula is C10H12F3NO2. The molecule has 1 rings (SSSR count). The average molecular weight is 235 g/mol. The summed E-state index contributed by atoms with van der Waals surface area (Å²) in [7, 11) is 1.15. The third-order valence-corrected chi connectivity index (χ3v) is 2.16. The number of rotatable bonds is 3. The predicted molar refractivity (Wildman–Crippen MR) is 52.0 cm³/mol. The fourth-order valence-electron chi connectivity index (χ4n) is 1.28. The normalized spacial score (nSPS) is 13.6. The van der Waals surface area contributed by atoms with Crippen molar-refractivity contribution in [2.75, 3.05) is 13.7 Å². The van der Waals surface area contributed by atoms with Gasteiger partial charge in [0.25, 0.3) is 0 Å². The molecule has 0 aromatic heterocycles. The lowest BCUT2D eigenvalue weighted by Crippen LogP contribution is -2.15. The summed E-state index contributed by atoms with van der Waals surface area (Å²) in [5.74, 6) is -0.297. The molecule has 16 heavy (non-hydrogen) atoms. The van der Waals surface area contributed by atoms with Crippen LogP contribution in [0.4, 0.5) is 13.2 Å². The minimum Gasteiger partial charge on any atom is -0.496 e. The lowest BCUT2D eigenvalue weighted by atomic mass is 10.0. The molecule has 0 aliphatic rings. The van der Waals surface area contributed by atoms with Gasteiger partial charge in [0.1, 0.15) is 5.75 Å². The van der Waals surface area contributed by atoms with E-state index in [1.807, 2.05) is 0 Å². The van der Waals surface area contributed by atoms with E-state index in [-0.39, 0.29) is 12.4 Å². The number of alkyl halides is 3. The summed E-state index contributed by atoms with van der Waals surface area (Å²) in [5.41, 5.74) is 5.03. The van der Waals surface area contributed by atoms with Gasteiger partial charge in [-0.1, -0.05) is 6.07 Å². The van der Waals surface area contributed by atoms with E-state index in [9.17, 15) is 13.2 Å². The van der Waals surface area contributed by atoms with Gasteiger partial charge in [0, 0.05) is 0 Å². The Kier molecular flexibility index (Phi) is 3.77. The number of benzene rings is 1. The molecule has 0 saturated heterocycles. The van der Waals surface area contributed by atoms with Gasteiger partial charge in [0.2, 0.25) is 0 Å². The van der Waals surface area contributed by atoms with Gasteiger partial charge < -0.3 is 15.6 Å². The number of aliphatic hydroxyl groups excluding tert-OH is 1. The van der Waals surface area contributed by atoms with E-state index in [2.05, 4.69) is 4.74 Å². The SMILES string of the molecule is COc1cc(C(N)CO)ccc1C(F)(F)F. The van der Waals surface area contributed by atoms with Crippen LogP contribution in [0, 0.1) is 0 Å². The van der Waals surface area contributed by atoms with Gasteiger partial charge in [-0.3, -0.25) is 0 Å². The Labute approximate surface area is 90.6 Å². The van der Waals surface area contributed by atoms with Gasteiger partial charge >= 0.3 is 6.18 Å². The maximum atomic E-state index is 12.5. The number of halogens is 3. The fourth-order valence-corrected chi connectivity index (χ4v) is 1.28. The monoisotopic (exact) mass is 235 g/mol. The van der Waals surface area contributed by atoms with Crippen molar-refractivity contribution in [3.63, 3.8) is 0 Å². The third kappa shape index (κ3) is 2.65. The fraction of sp³-hybridized carbons (Fsp3) is 0.400. The predicted octanol–water partition coefficient (Wildman–Crippen LogP) is 1.71. The highest BCUT2D eigenvalue weighted by molar-refractivity contribution is 5.40. The number of hydrogen-bond acceptors (Lipinski definition) is 3. The van der Waals surface area contributed by atoms with Crippen molar-refractivity contribution in [3.05, 3.63) is 29.3 Å². The van der Waals surface area contributed by atoms with E-state index in [0.717, 1.165) is 13.2 Å².